The number of piperidine rings is 2. The number of aliphatic imine (C=N–C) groups is 2. The van der Waals surface area contributed by atoms with Gasteiger partial charge in [-0.3, -0.25) is 19.6 Å². The van der Waals surface area contributed by atoms with Gasteiger partial charge in [0.05, 0.1) is 65.7 Å². The smallest absolute Gasteiger partial charge is 0.306 e. The number of carboxylic acid groups (broad SMARTS) is 1. The van der Waals surface area contributed by atoms with Crippen molar-refractivity contribution in [1.29, 1.82) is 0 Å². The first-order valence-corrected chi connectivity index (χ1v) is 28.5. The highest BCUT2D eigenvalue weighted by Crippen LogP contribution is 2.45. The number of fused-ring (bicyclic) bond motifs is 8. The van der Waals surface area contributed by atoms with Crippen molar-refractivity contribution in [2.45, 2.75) is 89.4 Å². The molecule has 0 radical (unpaired) electrons. The Kier molecular flexibility index (Phi) is 14.0. The summed E-state index contributed by atoms with van der Waals surface area (Å²) in [4.78, 5) is 68.5. The number of anilines is 6. The Hall–Kier alpha value is -6.12. The maximum absolute atomic E-state index is 13.2. The van der Waals surface area contributed by atoms with Crippen molar-refractivity contribution in [2.24, 2.45) is 21.8 Å². The van der Waals surface area contributed by atoms with Gasteiger partial charge in [0.25, 0.3) is 0 Å². The van der Waals surface area contributed by atoms with Gasteiger partial charge in [-0.1, -0.05) is 0 Å². The van der Waals surface area contributed by atoms with Crippen LogP contribution in [0.1, 0.15) is 81.7 Å². The molecule has 2 atom stereocenters. The van der Waals surface area contributed by atoms with Crippen molar-refractivity contribution in [3.63, 3.8) is 0 Å². The molecular formula is C56H67N13O4S2. The second-order valence-electron chi connectivity index (χ2n) is 21.7. The van der Waals surface area contributed by atoms with E-state index in [2.05, 4.69) is 108 Å². The Morgan fingerprint density at radius 3 is 1.56 bits per heavy atom. The van der Waals surface area contributed by atoms with Gasteiger partial charge in [-0.25, -0.2) is 19.9 Å². The molecule has 0 bridgehead atoms. The molecule has 5 aliphatic heterocycles. The molecule has 7 aliphatic rings. The summed E-state index contributed by atoms with van der Waals surface area (Å²) >= 11 is 3.33. The number of thiophene rings is 2. The topological polar surface area (TPSA) is 180 Å². The van der Waals surface area contributed by atoms with Gasteiger partial charge in [0.15, 0.2) is 0 Å². The largest absolute Gasteiger partial charge is 0.481 e. The van der Waals surface area contributed by atoms with E-state index in [0.29, 0.717) is 51.2 Å². The third-order valence-corrected chi connectivity index (χ3v) is 19.1. The van der Waals surface area contributed by atoms with Crippen molar-refractivity contribution < 1.29 is 19.4 Å². The lowest BCUT2D eigenvalue weighted by atomic mass is 9.86. The Morgan fingerprint density at radius 1 is 0.627 bits per heavy atom. The van der Waals surface area contributed by atoms with E-state index in [0.717, 1.165) is 145 Å². The zero-order valence-electron chi connectivity index (χ0n) is 43.5. The first-order chi connectivity index (χ1) is 36.5. The third-order valence-electron chi connectivity index (χ3n) is 16.8. The van der Waals surface area contributed by atoms with E-state index in [4.69, 9.17) is 9.72 Å². The summed E-state index contributed by atoms with van der Waals surface area (Å²) in [5.74, 6) is 0.960. The predicted molar refractivity (Wildman–Crippen MR) is 301 cm³/mol. The van der Waals surface area contributed by atoms with Crippen LogP contribution >= 0.6 is 22.7 Å². The molecule has 0 saturated carbocycles. The fourth-order valence-electron chi connectivity index (χ4n) is 12.4. The molecule has 3 N–H and O–H groups in total. The molecule has 2 aliphatic carbocycles. The van der Waals surface area contributed by atoms with Crippen molar-refractivity contribution in [2.75, 3.05) is 101 Å². The summed E-state index contributed by atoms with van der Waals surface area (Å²) in [6, 6.07) is 10.3. The van der Waals surface area contributed by atoms with Gasteiger partial charge < -0.3 is 45.0 Å². The number of hydrogen-bond acceptors (Lipinski definition) is 17. The van der Waals surface area contributed by atoms with Gasteiger partial charge in [0, 0.05) is 79.5 Å². The van der Waals surface area contributed by atoms with Crippen molar-refractivity contribution in [3.05, 3.63) is 80.1 Å². The van der Waals surface area contributed by atoms with Crippen LogP contribution in [0.5, 0.6) is 0 Å². The molecule has 0 unspecified atom stereocenters. The molecule has 6 aromatic rings. The van der Waals surface area contributed by atoms with Crippen LogP contribution in [0.2, 0.25) is 0 Å². The second-order valence-corrected chi connectivity index (χ2v) is 23.8. The Bertz CT molecular complexity index is 3200. The number of nitrogens with one attached hydrogen (secondary N) is 2. The lowest BCUT2D eigenvalue weighted by molar-refractivity contribution is -0.142. The van der Waals surface area contributed by atoms with E-state index in [1.165, 1.54) is 44.1 Å². The summed E-state index contributed by atoms with van der Waals surface area (Å²) in [7, 11) is 8.70. The molecule has 0 spiro atoms. The summed E-state index contributed by atoms with van der Waals surface area (Å²) in [6.45, 7) is 8.26. The summed E-state index contributed by atoms with van der Waals surface area (Å²) in [5.41, 5.74) is 11.9. The van der Waals surface area contributed by atoms with Crippen LogP contribution in [0.15, 0.2) is 46.9 Å². The molecule has 2 aromatic carbocycles. The fourth-order valence-corrected chi connectivity index (χ4v) is 14.9. The maximum Gasteiger partial charge on any atom is 0.306 e. The zero-order valence-corrected chi connectivity index (χ0v) is 45.1. The van der Waals surface area contributed by atoms with Gasteiger partial charge in [0.2, 0.25) is 5.91 Å². The number of carboxylic acids is 1. The minimum atomic E-state index is -0.708. The molecule has 1 amide bonds. The van der Waals surface area contributed by atoms with Crippen LogP contribution in [0.4, 0.5) is 34.4 Å². The first-order valence-electron chi connectivity index (χ1n) is 26.8. The number of aromatic nitrogens is 4. The fraction of sp³-hybridized carbons (Fsp3) is 0.500. The highest BCUT2D eigenvalue weighted by atomic mass is 32.1. The monoisotopic (exact) mass is 1050 g/mol. The number of ether oxygens (including phenoxy) is 1. The quantitative estimate of drug-likeness (QED) is 0.120. The normalized spacial score (nSPS) is 20.6. The average Bonchev–Trinajstić information content (AvgIpc) is 4.26. The Balaban J connectivity index is 0.000000153. The maximum atomic E-state index is 13.2. The van der Waals surface area contributed by atoms with Crippen LogP contribution in [-0.2, 0) is 53.1 Å². The number of benzene rings is 2. The number of carbonyl (C=O) groups is 2. The number of morpholine rings is 1. The molecule has 3 fully saturated rings. The molecule has 392 valence electrons. The summed E-state index contributed by atoms with van der Waals surface area (Å²) in [6.07, 6.45) is 16.3. The number of amides is 1. The summed E-state index contributed by atoms with van der Waals surface area (Å²) in [5, 5.41) is 19.1. The molecular weight excluding hydrogens is 983 g/mol. The number of aryl methyl sites for hydroxylation is 2. The molecule has 3 saturated heterocycles. The molecule has 17 nitrogen and oxygen atoms in total. The Morgan fingerprint density at radius 2 is 1.09 bits per heavy atom. The van der Waals surface area contributed by atoms with Crippen LogP contribution in [-0.4, -0.2) is 157 Å². The van der Waals surface area contributed by atoms with Crippen molar-refractivity contribution in [1.82, 2.24) is 34.6 Å². The van der Waals surface area contributed by atoms with Gasteiger partial charge in [-0.15, -0.1) is 22.7 Å². The van der Waals surface area contributed by atoms with Gasteiger partial charge in [-0.05, 0) is 150 Å². The molecule has 75 heavy (non-hydrogen) atoms. The lowest BCUT2D eigenvalue weighted by Crippen LogP contribution is -2.44. The number of carbonyl (C=O) groups excluding carboxylic acids is 1. The minimum absolute atomic E-state index is 0.0377. The van der Waals surface area contributed by atoms with E-state index in [1.54, 1.807) is 35.3 Å². The minimum Gasteiger partial charge on any atom is -0.481 e. The average molecular weight is 1050 g/mol. The SMILES string of the molecule is CN(C)C1CCN(c2cc3c(cc2Nc2ncnc4sc5c(c24)CC[C@H](C(=O)N2CCOCC2)C5)C=NC3)CC1.CN(C)C1CCN(c2cc3c(cc2Nc2ncnc4sc5c(c24)CC[C@H](C(=O)O)C5)C=NC3)CC1. The van der Waals surface area contributed by atoms with Crippen LogP contribution in [0.25, 0.3) is 20.4 Å². The van der Waals surface area contributed by atoms with Crippen LogP contribution in [0, 0.1) is 11.8 Å². The molecule has 13 rings (SSSR count). The van der Waals surface area contributed by atoms with Gasteiger partial charge in [0.1, 0.15) is 34.0 Å². The third kappa shape index (κ3) is 9.97. The highest BCUT2D eigenvalue weighted by Gasteiger charge is 2.34. The summed E-state index contributed by atoms with van der Waals surface area (Å²) < 4.78 is 5.45. The van der Waals surface area contributed by atoms with E-state index in [1.807, 2.05) is 17.3 Å². The number of hydrogen-bond donors (Lipinski definition) is 3. The number of aliphatic carboxylic acids is 1. The van der Waals surface area contributed by atoms with E-state index in [9.17, 15) is 14.7 Å². The van der Waals surface area contributed by atoms with E-state index < -0.39 is 5.97 Å². The number of rotatable bonds is 10. The highest BCUT2D eigenvalue weighted by molar-refractivity contribution is 7.19. The molecule has 4 aromatic heterocycles. The van der Waals surface area contributed by atoms with Crippen LogP contribution in [0.3, 0.4) is 0 Å². The van der Waals surface area contributed by atoms with Crippen molar-refractivity contribution >= 4 is 102 Å². The van der Waals surface area contributed by atoms with Crippen LogP contribution < -0.4 is 20.4 Å². The lowest BCUT2D eigenvalue weighted by Gasteiger charge is -2.37. The standard InChI is InChI=1S/C30H37N7O2S.C26H30N6O2S/c1-35(2)22-5-7-36(8-6-22)25-14-21-17-31-16-20(21)13-24(25)34-28-27-23-4-3-19(30(38)37-9-11-39-12-10-37)15-26(23)40-29(27)33-18-32-28;1-31(2)18-5-7-32(8-6-18)21-10-17-13-27-12-16(17)9-20(21)30-24-23-19-4-3-15(26(33)34)11-22(19)35-25(23)29-14-28-24/h13-14,16,18-19,22H,3-12,15,17H2,1-2H3,(H,32,33,34);9-10,12,14-15,18H,3-8,11,13H2,1-2H3,(H,33,34)(H,28,29,30)/t19-;15-/m00/s1. The molecule has 19 heteroatoms. The number of nitrogens with zero attached hydrogens (tertiary/aromatic N) is 11. The van der Waals surface area contributed by atoms with E-state index >= 15 is 0 Å². The van der Waals surface area contributed by atoms with Gasteiger partial charge >= 0.3 is 5.97 Å². The zero-order chi connectivity index (χ0) is 51.3. The van der Waals surface area contributed by atoms with E-state index in [-0.39, 0.29) is 17.7 Å². The molecule has 9 heterocycles. The van der Waals surface area contributed by atoms with Crippen molar-refractivity contribution in [3.8, 4) is 0 Å². The first kappa shape index (κ1) is 49.7. The predicted octanol–water partition coefficient (Wildman–Crippen LogP) is 7.95. The second kappa shape index (κ2) is 21.1. The van der Waals surface area contributed by atoms with Gasteiger partial charge in [-0.2, -0.15) is 0 Å². The Labute approximate surface area is 446 Å².